The Morgan fingerprint density at radius 3 is 2.82 bits per heavy atom. The number of fused-ring (bicyclic) bond motifs is 1. The number of pyridine rings is 1. The van der Waals surface area contributed by atoms with E-state index in [1.54, 1.807) is 28.6 Å². The van der Waals surface area contributed by atoms with Crippen molar-refractivity contribution in [2.24, 2.45) is 7.05 Å². The van der Waals surface area contributed by atoms with Crippen molar-refractivity contribution in [2.45, 2.75) is 18.9 Å². The van der Waals surface area contributed by atoms with E-state index in [0.717, 1.165) is 30.5 Å². The number of aryl methyl sites for hydroxylation is 1. The normalized spacial score (nSPS) is 15.7. The van der Waals surface area contributed by atoms with Crippen molar-refractivity contribution in [3.63, 3.8) is 0 Å². The van der Waals surface area contributed by atoms with Gasteiger partial charge in [-0.15, -0.1) is 0 Å². The fourth-order valence-electron chi connectivity index (χ4n) is 4.83. The van der Waals surface area contributed by atoms with E-state index in [2.05, 4.69) is 25.6 Å². The summed E-state index contributed by atoms with van der Waals surface area (Å²) in [4.78, 5) is 32.4. The van der Waals surface area contributed by atoms with Crippen LogP contribution in [0.25, 0.3) is 16.8 Å². The molecule has 4 heterocycles. The lowest BCUT2D eigenvalue weighted by Crippen LogP contribution is -2.39. The fourth-order valence-corrected chi connectivity index (χ4v) is 4.83. The topological polar surface area (TPSA) is 106 Å². The van der Waals surface area contributed by atoms with Crippen LogP contribution in [0.3, 0.4) is 0 Å². The van der Waals surface area contributed by atoms with E-state index < -0.39 is 11.7 Å². The maximum atomic E-state index is 14.6. The average Bonchev–Trinajstić information content (AvgIpc) is 3.65. The zero-order valence-corrected chi connectivity index (χ0v) is 21.4. The minimum Gasteiger partial charge on any atom is -0.383 e. The summed E-state index contributed by atoms with van der Waals surface area (Å²) >= 11 is 0. The smallest absolute Gasteiger partial charge is 0.274 e. The van der Waals surface area contributed by atoms with Gasteiger partial charge >= 0.3 is 0 Å². The Morgan fingerprint density at radius 1 is 1.16 bits per heavy atom. The number of carbonyl (C=O) groups excluding carboxylic acids is 2. The lowest BCUT2D eigenvalue weighted by Gasteiger charge is -2.23. The van der Waals surface area contributed by atoms with Crippen molar-refractivity contribution >= 4 is 23.1 Å². The van der Waals surface area contributed by atoms with Gasteiger partial charge in [-0.05, 0) is 55.3 Å². The predicted octanol–water partition coefficient (Wildman–Crippen LogP) is 2.97. The molecule has 0 bridgehead atoms. The molecule has 1 saturated heterocycles. The molecule has 0 aliphatic carbocycles. The van der Waals surface area contributed by atoms with Gasteiger partial charge in [0.2, 0.25) is 0 Å². The molecule has 38 heavy (non-hydrogen) atoms. The molecule has 1 fully saturated rings. The van der Waals surface area contributed by atoms with Gasteiger partial charge in [0.1, 0.15) is 17.2 Å². The number of amides is 2. The Hall–Kier alpha value is -4.09. The summed E-state index contributed by atoms with van der Waals surface area (Å²) in [6, 6.07) is 7.99. The Kier molecular flexibility index (Phi) is 7.47. The number of carbonyl (C=O) groups is 2. The summed E-state index contributed by atoms with van der Waals surface area (Å²) in [5.41, 5.74) is 2.82. The monoisotopic (exact) mass is 519 g/mol. The molecule has 2 N–H and O–H groups in total. The third-order valence-corrected chi connectivity index (χ3v) is 6.80. The number of anilines is 1. The number of halogens is 1. The van der Waals surface area contributed by atoms with Crippen molar-refractivity contribution in [1.82, 2.24) is 29.4 Å². The van der Waals surface area contributed by atoms with Gasteiger partial charge in [-0.1, -0.05) is 0 Å². The molecular weight excluding hydrogens is 489 g/mol. The van der Waals surface area contributed by atoms with Crippen molar-refractivity contribution < 1.29 is 18.7 Å². The average molecular weight is 520 g/mol. The minimum atomic E-state index is -0.637. The second-order valence-corrected chi connectivity index (χ2v) is 9.38. The van der Waals surface area contributed by atoms with Gasteiger partial charge in [0.05, 0.1) is 24.7 Å². The van der Waals surface area contributed by atoms with Crippen LogP contribution in [0.1, 0.15) is 33.7 Å². The summed E-state index contributed by atoms with van der Waals surface area (Å²) in [5, 5.41) is 9.64. The SMILES string of the molecule is COC[C@@H]1CCCN1CCNC(=O)c1ccc(F)c(NC(=O)c2cnc3cc(-c4cnn(C)c4)ccn23)c1. The van der Waals surface area contributed by atoms with Gasteiger partial charge in [-0.2, -0.15) is 5.10 Å². The number of nitrogens with one attached hydrogen (secondary N) is 2. The summed E-state index contributed by atoms with van der Waals surface area (Å²) < 4.78 is 23.2. The predicted molar refractivity (Wildman–Crippen MR) is 141 cm³/mol. The second-order valence-electron chi connectivity index (χ2n) is 9.38. The zero-order chi connectivity index (χ0) is 26.6. The first-order chi connectivity index (χ1) is 18.4. The molecule has 11 heteroatoms. The number of ether oxygens (including phenoxy) is 1. The minimum absolute atomic E-state index is 0.0794. The molecule has 1 aliphatic heterocycles. The van der Waals surface area contributed by atoms with Crippen molar-refractivity contribution in [3.8, 4) is 11.1 Å². The quantitative estimate of drug-likeness (QED) is 0.352. The van der Waals surface area contributed by atoms with Crippen molar-refractivity contribution in [1.29, 1.82) is 0 Å². The first-order valence-corrected chi connectivity index (χ1v) is 12.5. The number of hydrogen-bond acceptors (Lipinski definition) is 6. The molecule has 5 rings (SSSR count). The van der Waals surface area contributed by atoms with E-state index in [4.69, 9.17) is 4.74 Å². The molecule has 1 aliphatic rings. The highest BCUT2D eigenvalue weighted by atomic mass is 19.1. The zero-order valence-electron chi connectivity index (χ0n) is 21.4. The van der Waals surface area contributed by atoms with Crippen molar-refractivity contribution in [3.05, 3.63) is 72.2 Å². The summed E-state index contributed by atoms with van der Waals surface area (Å²) in [5.74, 6) is -1.51. The first-order valence-electron chi connectivity index (χ1n) is 12.5. The van der Waals surface area contributed by atoms with Crippen LogP contribution in [-0.2, 0) is 11.8 Å². The van der Waals surface area contributed by atoms with E-state index in [0.29, 0.717) is 31.4 Å². The lowest BCUT2D eigenvalue weighted by molar-refractivity contribution is 0.0931. The van der Waals surface area contributed by atoms with Gasteiger partial charge in [0.25, 0.3) is 11.8 Å². The van der Waals surface area contributed by atoms with Crippen LogP contribution in [0.4, 0.5) is 10.1 Å². The fraction of sp³-hybridized carbons (Fsp3) is 0.333. The lowest BCUT2D eigenvalue weighted by atomic mass is 10.1. The Balaban J connectivity index is 1.24. The molecule has 2 amide bonds. The van der Waals surface area contributed by atoms with E-state index in [-0.39, 0.29) is 22.9 Å². The number of methoxy groups -OCH3 is 1. The molecule has 4 aromatic rings. The Bertz CT molecular complexity index is 1460. The second kappa shape index (κ2) is 11.1. The van der Waals surface area contributed by atoms with Gasteiger partial charge in [0.15, 0.2) is 0 Å². The van der Waals surface area contributed by atoms with Crippen LogP contribution >= 0.6 is 0 Å². The maximum absolute atomic E-state index is 14.6. The van der Waals surface area contributed by atoms with E-state index in [1.807, 2.05) is 25.4 Å². The molecule has 0 saturated carbocycles. The number of imidazole rings is 1. The number of rotatable bonds is 9. The van der Waals surface area contributed by atoms with Crippen LogP contribution < -0.4 is 10.6 Å². The van der Waals surface area contributed by atoms with Crippen LogP contribution in [0.2, 0.25) is 0 Å². The standard InChI is InChI=1S/C27H30FN7O3/c1-33-16-20(14-31-33)18-7-10-35-24(15-30-25(35)13-18)27(37)32-23-12-19(5-6-22(23)28)26(36)29-8-11-34-9-3-4-21(34)17-38-2/h5-7,10,12-16,21H,3-4,8-9,11,17H2,1-2H3,(H,29,36)(H,32,37)/t21-/m0/s1. The molecule has 1 aromatic carbocycles. The summed E-state index contributed by atoms with van der Waals surface area (Å²) in [6.45, 7) is 2.82. The first kappa shape index (κ1) is 25.6. The van der Waals surface area contributed by atoms with Gasteiger partial charge in [-0.3, -0.25) is 23.6 Å². The maximum Gasteiger partial charge on any atom is 0.274 e. The highest BCUT2D eigenvalue weighted by Gasteiger charge is 2.24. The van der Waals surface area contributed by atoms with E-state index in [9.17, 15) is 14.0 Å². The van der Waals surface area contributed by atoms with Crippen LogP contribution in [-0.4, -0.2) is 75.3 Å². The van der Waals surface area contributed by atoms with Gasteiger partial charge in [0, 0.05) is 56.8 Å². The third-order valence-electron chi connectivity index (χ3n) is 6.80. The molecule has 0 unspecified atom stereocenters. The number of likely N-dealkylation sites (tertiary alicyclic amines) is 1. The molecule has 1 atom stereocenters. The van der Waals surface area contributed by atoms with Crippen LogP contribution in [0.15, 0.2) is 55.1 Å². The molecule has 198 valence electrons. The summed E-state index contributed by atoms with van der Waals surface area (Å²) in [6.07, 6.45) is 9.00. The highest BCUT2D eigenvalue weighted by molar-refractivity contribution is 6.04. The van der Waals surface area contributed by atoms with Gasteiger partial charge in [-0.25, -0.2) is 9.37 Å². The highest BCUT2D eigenvalue weighted by Crippen LogP contribution is 2.22. The van der Waals surface area contributed by atoms with E-state index in [1.165, 1.54) is 24.4 Å². The largest absolute Gasteiger partial charge is 0.383 e. The Labute approximate surface area is 219 Å². The molecule has 0 radical (unpaired) electrons. The molecule has 0 spiro atoms. The Morgan fingerprint density at radius 2 is 2.03 bits per heavy atom. The van der Waals surface area contributed by atoms with Crippen LogP contribution in [0.5, 0.6) is 0 Å². The number of aromatic nitrogens is 4. The molecule has 3 aromatic heterocycles. The van der Waals surface area contributed by atoms with E-state index >= 15 is 0 Å². The van der Waals surface area contributed by atoms with Gasteiger partial charge < -0.3 is 15.4 Å². The number of hydrogen-bond donors (Lipinski definition) is 2. The molecule has 10 nitrogen and oxygen atoms in total. The van der Waals surface area contributed by atoms with Crippen LogP contribution in [0, 0.1) is 5.82 Å². The number of benzene rings is 1. The molecular formula is C27H30FN7O3. The third kappa shape index (κ3) is 5.43. The number of nitrogens with zero attached hydrogens (tertiary/aromatic N) is 5. The summed E-state index contributed by atoms with van der Waals surface area (Å²) in [7, 11) is 3.53. The van der Waals surface area contributed by atoms with Crippen molar-refractivity contribution in [2.75, 3.05) is 38.7 Å².